The number of hydrogen-bond acceptors (Lipinski definition) is 8. The Kier molecular flexibility index (Phi) is 8.92. The second-order valence-corrected chi connectivity index (χ2v) is 13.0. The highest BCUT2D eigenvalue weighted by Crippen LogP contribution is 2.33. The van der Waals surface area contributed by atoms with Crippen LogP contribution in [0.2, 0.25) is 0 Å². The molecule has 1 aromatic heterocycles. The molecule has 0 bridgehead atoms. The lowest BCUT2D eigenvalue weighted by Crippen LogP contribution is -2.53. The maximum Gasteiger partial charge on any atom is 0.413 e. The van der Waals surface area contributed by atoms with Crippen LogP contribution in [0.25, 0.3) is 11.1 Å². The van der Waals surface area contributed by atoms with Crippen LogP contribution in [-0.2, 0) is 26.0 Å². The van der Waals surface area contributed by atoms with Gasteiger partial charge in [0.05, 0.1) is 18.2 Å². The van der Waals surface area contributed by atoms with Crippen molar-refractivity contribution in [1.29, 1.82) is 0 Å². The van der Waals surface area contributed by atoms with Gasteiger partial charge in [0.25, 0.3) is 15.1 Å². The minimum Gasteiger partial charge on any atom is -0.410 e. The zero-order valence-electron chi connectivity index (χ0n) is 24.9. The molecule has 3 atom stereocenters. The average molecular weight is 657 g/mol. The summed E-state index contributed by atoms with van der Waals surface area (Å²) in [5, 5.41) is 1.38. The molecule has 3 aromatic carbocycles. The zero-order chi connectivity index (χ0) is 33.1. The Morgan fingerprint density at radius 3 is 2.32 bits per heavy atom. The first-order chi connectivity index (χ1) is 22.6. The number of nitrogens with zero attached hydrogens (tertiary/aromatic N) is 3. The van der Waals surface area contributed by atoms with E-state index in [0.717, 1.165) is 21.6 Å². The normalized spacial score (nSPS) is 18.4. The third kappa shape index (κ3) is 6.67. The van der Waals surface area contributed by atoms with Crippen LogP contribution < -0.4 is 10.1 Å². The molecule has 2 aliphatic heterocycles. The van der Waals surface area contributed by atoms with Crippen LogP contribution in [0.5, 0.6) is 5.75 Å². The molecular formula is C34H29FN4O7S. The number of fused-ring (bicyclic) bond motifs is 1. The number of halogens is 1. The number of ketones is 1. The lowest BCUT2D eigenvalue weighted by Gasteiger charge is -2.28. The highest BCUT2D eigenvalue weighted by atomic mass is 32.2. The van der Waals surface area contributed by atoms with Gasteiger partial charge in [-0.2, -0.15) is 4.31 Å². The van der Waals surface area contributed by atoms with Gasteiger partial charge in [-0.1, -0.05) is 54.6 Å². The smallest absolute Gasteiger partial charge is 0.410 e. The molecule has 2 saturated heterocycles. The van der Waals surface area contributed by atoms with Crippen LogP contribution in [0.4, 0.5) is 9.18 Å². The Morgan fingerprint density at radius 2 is 1.64 bits per heavy atom. The van der Waals surface area contributed by atoms with Gasteiger partial charge in [-0.3, -0.25) is 19.4 Å². The number of pyridine rings is 1. The minimum atomic E-state index is -4.61. The number of likely N-dealkylation sites (tertiary alicyclic amines) is 1. The van der Waals surface area contributed by atoms with Crippen molar-refractivity contribution in [2.75, 3.05) is 13.1 Å². The SMILES string of the molecule is O=C(NC(Cc1ccc(F)cc1)C(=O)N1CCC2C1C(=O)CN2S(=O)(=O)C(=O)c1cccnc1)Oc1ccc(-c2ccccc2)cc1. The summed E-state index contributed by atoms with van der Waals surface area (Å²) in [6, 6.07) is 21.2. The number of Topliss-reactive ketones (excluding diaryl/α,β-unsaturated/α-hetero) is 1. The number of hydrogen-bond donors (Lipinski definition) is 1. The Bertz CT molecular complexity index is 1910. The number of carbonyl (C=O) groups excluding carboxylic acids is 4. The second kappa shape index (κ2) is 13.2. The van der Waals surface area contributed by atoms with E-state index in [1.54, 1.807) is 24.3 Å². The maximum absolute atomic E-state index is 14.0. The number of sulfonamides is 1. The molecule has 0 spiro atoms. The quantitative estimate of drug-likeness (QED) is 0.303. The number of carbonyl (C=O) groups is 4. The first-order valence-corrected chi connectivity index (χ1v) is 16.2. The lowest BCUT2D eigenvalue weighted by molar-refractivity contribution is -0.138. The van der Waals surface area contributed by atoms with E-state index in [-0.39, 0.29) is 30.7 Å². The molecule has 2 amide bonds. The number of amides is 2. The molecule has 2 aliphatic rings. The Balaban J connectivity index is 1.19. The van der Waals surface area contributed by atoms with E-state index in [0.29, 0.717) is 5.56 Å². The zero-order valence-corrected chi connectivity index (χ0v) is 25.7. The molecule has 13 heteroatoms. The predicted molar refractivity (Wildman–Crippen MR) is 168 cm³/mol. The summed E-state index contributed by atoms with van der Waals surface area (Å²) >= 11 is 0. The number of nitrogens with one attached hydrogen (secondary N) is 1. The summed E-state index contributed by atoms with van der Waals surface area (Å²) < 4.78 is 46.6. The maximum atomic E-state index is 14.0. The molecule has 0 saturated carbocycles. The van der Waals surface area contributed by atoms with Crippen molar-refractivity contribution < 1.29 is 36.7 Å². The lowest BCUT2D eigenvalue weighted by atomic mass is 10.0. The standard InChI is InChI=1S/C34H29FN4O7S/c35-26-12-8-22(9-13-26)19-28(37-34(43)46-27-14-10-24(11-15-27)23-5-2-1-3-6-23)32(41)38-18-16-29-31(38)30(40)21-39(29)47(44,45)33(42)25-7-4-17-36-20-25/h1-15,17,20,28-29,31H,16,18-19,21H2,(H,37,43). The topological polar surface area (TPSA) is 143 Å². The molecule has 240 valence electrons. The van der Waals surface area contributed by atoms with Crippen molar-refractivity contribution in [2.45, 2.75) is 31.0 Å². The monoisotopic (exact) mass is 656 g/mol. The molecule has 1 N–H and O–H groups in total. The number of benzene rings is 3. The van der Waals surface area contributed by atoms with Gasteiger partial charge in [0.2, 0.25) is 5.91 Å². The summed E-state index contributed by atoms with van der Waals surface area (Å²) in [5.41, 5.74) is 2.26. The van der Waals surface area contributed by atoms with Crippen molar-refractivity contribution in [3.63, 3.8) is 0 Å². The average Bonchev–Trinajstić information content (AvgIpc) is 3.67. The first kappa shape index (κ1) is 31.7. The third-order valence-electron chi connectivity index (χ3n) is 8.22. The van der Waals surface area contributed by atoms with E-state index in [4.69, 9.17) is 4.74 Å². The minimum absolute atomic E-state index is 0.00457. The Hall–Kier alpha value is -5.27. The van der Waals surface area contributed by atoms with Gasteiger partial charge in [-0.15, -0.1) is 0 Å². The predicted octanol–water partition coefficient (Wildman–Crippen LogP) is 3.61. The number of rotatable bonds is 8. The van der Waals surface area contributed by atoms with E-state index >= 15 is 0 Å². The molecule has 2 fully saturated rings. The molecule has 4 aromatic rings. The summed E-state index contributed by atoms with van der Waals surface area (Å²) in [7, 11) is -4.61. The largest absolute Gasteiger partial charge is 0.413 e. The fourth-order valence-electron chi connectivity index (χ4n) is 5.96. The molecule has 11 nitrogen and oxygen atoms in total. The first-order valence-electron chi connectivity index (χ1n) is 14.8. The van der Waals surface area contributed by atoms with E-state index in [9.17, 15) is 32.0 Å². The van der Waals surface area contributed by atoms with Crippen LogP contribution in [0.15, 0.2) is 103 Å². The summed E-state index contributed by atoms with van der Waals surface area (Å²) in [4.78, 5) is 58.2. The number of ether oxygens (including phenoxy) is 1. The van der Waals surface area contributed by atoms with Crippen molar-refractivity contribution in [3.05, 3.63) is 120 Å². The van der Waals surface area contributed by atoms with E-state index in [2.05, 4.69) is 10.3 Å². The fraction of sp³-hybridized carbons (Fsp3) is 0.206. The van der Waals surface area contributed by atoms with Crippen molar-refractivity contribution in [2.24, 2.45) is 0 Å². The van der Waals surface area contributed by atoms with Crippen molar-refractivity contribution >= 4 is 32.9 Å². The fourth-order valence-corrected chi connectivity index (χ4v) is 7.47. The summed E-state index contributed by atoms with van der Waals surface area (Å²) in [6.07, 6.45) is 1.63. The van der Waals surface area contributed by atoms with Crippen LogP contribution in [0.1, 0.15) is 22.3 Å². The molecular weight excluding hydrogens is 627 g/mol. The van der Waals surface area contributed by atoms with Crippen molar-refractivity contribution in [3.8, 4) is 16.9 Å². The highest BCUT2D eigenvalue weighted by molar-refractivity contribution is 8.04. The van der Waals surface area contributed by atoms with Gasteiger partial charge in [0.15, 0.2) is 5.78 Å². The van der Waals surface area contributed by atoms with E-state index in [1.807, 2.05) is 30.3 Å². The van der Waals surface area contributed by atoms with Gasteiger partial charge < -0.3 is 15.0 Å². The molecule has 3 unspecified atom stereocenters. The molecule has 0 aliphatic carbocycles. The van der Waals surface area contributed by atoms with Crippen LogP contribution in [-0.4, -0.2) is 76.7 Å². The third-order valence-corrected chi connectivity index (χ3v) is 9.94. The molecule has 47 heavy (non-hydrogen) atoms. The molecule has 6 rings (SSSR count). The van der Waals surface area contributed by atoms with Gasteiger partial charge in [-0.25, -0.2) is 17.6 Å². The van der Waals surface area contributed by atoms with Gasteiger partial charge >= 0.3 is 6.09 Å². The number of aromatic nitrogens is 1. The van der Waals surface area contributed by atoms with Gasteiger partial charge in [-0.05, 0) is 59.5 Å². The van der Waals surface area contributed by atoms with Crippen LogP contribution in [0, 0.1) is 5.82 Å². The molecule has 0 radical (unpaired) electrons. The van der Waals surface area contributed by atoms with Crippen LogP contribution >= 0.6 is 0 Å². The Morgan fingerprint density at radius 1 is 0.936 bits per heavy atom. The highest BCUT2D eigenvalue weighted by Gasteiger charge is 2.55. The van der Waals surface area contributed by atoms with Gasteiger partial charge in [0, 0.05) is 25.4 Å². The van der Waals surface area contributed by atoms with Crippen molar-refractivity contribution in [1.82, 2.24) is 19.5 Å². The van der Waals surface area contributed by atoms with Crippen LogP contribution in [0.3, 0.4) is 0 Å². The summed E-state index contributed by atoms with van der Waals surface area (Å²) in [6.45, 7) is -0.574. The van der Waals surface area contributed by atoms with Gasteiger partial charge in [0.1, 0.15) is 23.7 Å². The second-order valence-electron chi connectivity index (χ2n) is 11.2. The Labute approximate surface area is 270 Å². The van der Waals surface area contributed by atoms with E-state index in [1.165, 1.54) is 47.5 Å². The summed E-state index contributed by atoms with van der Waals surface area (Å²) in [5.74, 6) is -1.46. The van der Waals surface area contributed by atoms with E-state index < -0.39 is 63.4 Å². The molecule has 3 heterocycles.